The summed E-state index contributed by atoms with van der Waals surface area (Å²) in [4.78, 5) is 44.3. The molecule has 0 fully saturated rings. The second-order valence-corrected chi connectivity index (χ2v) is 6.36. The van der Waals surface area contributed by atoms with Crippen LogP contribution < -0.4 is 22.6 Å². The van der Waals surface area contributed by atoms with Gasteiger partial charge in [-0.05, 0) is 0 Å². The lowest BCUT2D eigenvalue weighted by atomic mass is 10.5. The number of ether oxygens (including phenoxy) is 3. The van der Waals surface area contributed by atoms with Gasteiger partial charge in [-0.25, -0.2) is 9.97 Å². The van der Waals surface area contributed by atoms with Crippen molar-refractivity contribution in [1.29, 1.82) is 0 Å². The number of rotatable bonds is 10. The third-order valence-electron chi connectivity index (χ3n) is 4.19. The first kappa shape index (κ1) is 20.5. The molecule has 0 aliphatic heterocycles. The number of imidazole rings is 2. The third-order valence-corrected chi connectivity index (χ3v) is 4.19. The fraction of sp³-hybridized carbons (Fsp3) is 0.375. The van der Waals surface area contributed by atoms with Crippen LogP contribution in [0.3, 0.4) is 0 Å². The second kappa shape index (κ2) is 8.90. The van der Waals surface area contributed by atoms with E-state index in [1.54, 1.807) is 9.13 Å². The van der Waals surface area contributed by atoms with Gasteiger partial charge in [0.05, 0.1) is 39.1 Å². The summed E-state index contributed by atoms with van der Waals surface area (Å²) >= 11 is 0. The summed E-state index contributed by atoms with van der Waals surface area (Å²) < 4.78 is 19.6. The van der Waals surface area contributed by atoms with Crippen molar-refractivity contribution < 1.29 is 14.2 Å². The Morgan fingerprint density at radius 2 is 1.16 bits per heavy atom. The molecule has 0 radical (unpaired) electrons. The Morgan fingerprint density at radius 3 is 1.61 bits per heavy atom. The molecule has 0 aliphatic carbocycles. The number of nitrogens with zero attached hydrogens (tertiary/aromatic N) is 6. The fourth-order valence-corrected chi connectivity index (χ4v) is 2.79. The van der Waals surface area contributed by atoms with Crippen molar-refractivity contribution in [3.8, 4) is 0 Å². The van der Waals surface area contributed by atoms with Gasteiger partial charge < -0.3 is 25.7 Å². The van der Waals surface area contributed by atoms with Gasteiger partial charge in [-0.1, -0.05) is 0 Å². The van der Waals surface area contributed by atoms with Gasteiger partial charge in [0.15, 0.2) is 22.3 Å². The molecule has 4 heterocycles. The monoisotopic (exact) mass is 432 g/mol. The van der Waals surface area contributed by atoms with E-state index in [1.807, 2.05) is 0 Å². The summed E-state index contributed by atoms with van der Waals surface area (Å²) in [5.74, 6) is 0.0228. The van der Waals surface area contributed by atoms with E-state index < -0.39 is 11.1 Å². The molecule has 4 aromatic heterocycles. The zero-order valence-corrected chi connectivity index (χ0v) is 16.3. The molecule has 31 heavy (non-hydrogen) atoms. The molecular formula is C16H20N10O5. The van der Waals surface area contributed by atoms with Gasteiger partial charge in [0.2, 0.25) is 11.9 Å². The molecule has 0 saturated carbocycles. The SMILES string of the molecule is Nc1nc2c(ncn2COCCOCCOCn2cnc3c(=O)[nH]c(N)nc32)c(=O)[nH]1. The molecule has 0 aromatic carbocycles. The lowest BCUT2D eigenvalue weighted by Gasteiger charge is -2.08. The van der Waals surface area contributed by atoms with Gasteiger partial charge in [-0.3, -0.25) is 28.7 Å². The first-order chi connectivity index (χ1) is 15.0. The molecule has 0 unspecified atom stereocenters. The molecule has 0 spiro atoms. The van der Waals surface area contributed by atoms with Crippen LogP contribution in [0.1, 0.15) is 0 Å². The summed E-state index contributed by atoms with van der Waals surface area (Å²) in [7, 11) is 0. The van der Waals surface area contributed by atoms with E-state index in [1.165, 1.54) is 12.7 Å². The predicted octanol–water partition coefficient (Wildman–Crippen LogP) is -1.62. The number of aromatic amines is 2. The number of nitrogens with one attached hydrogen (secondary N) is 2. The molecule has 15 nitrogen and oxygen atoms in total. The van der Waals surface area contributed by atoms with Gasteiger partial charge >= 0.3 is 0 Å². The summed E-state index contributed by atoms with van der Waals surface area (Å²) in [6.07, 6.45) is 2.91. The zero-order valence-electron chi connectivity index (χ0n) is 16.3. The highest BCUT2D eigenvalue weighted by molar-refractivity contribution is 5.71. The quantitative estimate of drug-likeness (QED) is 0.209. The smallest absolute Gasteiger partial charge is 0.280 e. The molecule has 0 atom stereocenters. The Kier molecular flexibility index (Phi) is 5.87. The Balaban J connectivity index is 1.14. The average molecular weight is 432 g/mol. The van der Waals surface area contributed by atoms with E-state index in [0.717, 1.165) is 0 Å². The second-order valence-electron chi connectivity index (χ2n) is 6.36. The molecule has 0 amide bonds. The van der Waals surface area contributed by atoms with Gasteiger partial charge in [0.1, 0.15) is 13.5 Å². The largest absolute Gasteiger partial charge is 0.377 e. The van der Waals surface area contributed by atoms with Gasteiger partial charge in [-0.15, -0.1) is 0 Å². The number of anilines is 2. The standard InChI is InChI=1S/C16H20N10O5/c17-15-21-11-9(13(27)23-15)19-5-25(11)7-30-3-1-29-2-4-31-8-26-6-20-10-12(26)22-16(18)24-14(10)28/h5-6H,1-4,7-8H2,(H3,17,21,23,27)(H3,18,22,24,28). The third kappa shape index (κ3) is 4.52. The maximum Gasteiger partial charge on any atom is 0.280 e. The molecule has 0 aliphatic rings. The number of hydrogen-bond donors (Lipinski definition) is 4. The van der Waals surface area contributed by atoms with Crippen molar-refractivity contribution in [3.63, 3.8) is 0 Å². The minimum absolute atomic E-state index is 0.0114. The van der Waals surface area contributed by atoms with Crippen LogP contribution >= 0.6 is 0 Å². The van der Waals surface area contributed by atoms with E-state index in [2.05, 4.69) is 29.9 Å². The van der Waals surface area contributed by atoms with Crippen LogP contribution in [0, 0.1) is 0 Å². The maximum absolute atomic E-state index is 11.7. The van der Waals surface area contributed by atoms with Gasteiger partial charge in [0, 0.05) is 0 Å². The Morgan fingerprint density at radius 1 is 0.742 bits per heavy atom. The number of nitrogen functional groups attached to an aromatic ring is 2. The summed E-state index contributed by atoms with van der Waals surface area (Å²) in [5.41, 5.74) is 11.4. The van der Waals surface area contributed by atoms with Gasteiger partial charge in [0.25, 0.3) is 11.1 Å². The van der Waals surface area contributed by atoms with Crippen molar-refractivity contribution in [1.82, 2.24) is 39.0 Å². The molecule has 0 saturated heterocycles. The number of nitrogens with two attached hydrogens (primary N) is 2. The normalized spacial score (nSPS) is 11.6. The van der Waals surface area contributed by atoms with E-state index >= 15 is 0 Å². The Bertz CT molecular complexity index is 1210. The molecule has 6 N–H and O–H groups in total. The average Bonchev–Trinajstić information content (AvgIpc) is 3.31. The number of H-pyrrole nitrogens is 2. The molecule has 15 heteroatoms. The van der Waals surface area contributed by atoms with E-state index in [4.69, 9.17) is 25.7 Å². The van der Waals surface area contributed by atoms with Crippen LogP contribution in [0.15, 0.2) is 22.2 Å². The minimum Gasteiger partial charge on any atom is -0.377 e. The topological polar surface area (TPSA) is 207 Å². The number of aromatic nitrogens is 8. The van der Waals surface area contributed by atoms with Crippen LogP contribution in [0.25, 0.3) is 22.3 Å². The Labute approximate surface area is 173 Å². The van der Waals surface area contributed by atoms with Crippen molar-refractivity contribution in [2.24, 2.45) is 0 Å². The summed E-state index contributed by atoms with van der Waals surface area (Å²) in [6, 6.07) is 0. The molecule has 0 bridgehead atoms. The highest BCUT2D eigenvalue weighted by Crippen LogP contribution is 2.07. The first-order valence-electron chi connectivity index (χ1n) is 9.17. The minimum atomic E-state index is -0.403. The van der Waals surface area contributed by atoms with Crippen LogP contribution in [0.4, 0.5) is 11.9 Å². The van der Waals surface area contributed by atoms with Crippen LogP contribution in [0.5, 0.6) is 0 Å². The highest BCUT2D eigenvalue weighted by atomic mass is 16.5. The van der Waals surface area contributed by atoms with E-state index in [9.17, 15) is 9.59 Å². The number of hydrogen-bond acceptors (Lipinski definition) is 11. The van der Waals surface area contributed by atoms with Crippen molar-refractivity contribution >= 4 is 34.2 Å². The lowest BCUT2D eigenvalue weighted by molar-refractivity contribution is -0.0120. The molecule has 4 rings (SSSR count). The van der Waals surface area contributed by atoms with E-state index in [0.29, 0.717) is 37.7 Å². The van der Waals surface area contributed by atoms with Crippen molar-refractivity contribution in [3.05, 3.63) is 33.4 Å². The maximum atomic E-state index is 11.7. The lowest BCUT2D eigenvalue weighted by Crippen LogP contribution is -2.14. The van der Waals surface area contributed by atoms with Crippen LogP contribution in [-0.2, 0) is 27.7 Å². The van der Waals surface area contributed by atoms with Crippen LogP contribution in [0.2, 0.25) is 0 Å². The fourth-order valence-electron chi connectivity index (χ4n) is 2.79. The van der Waals surface area contributed by atoms with Crippen molar-refractivity contribution in [2.75, 3.05) is 37.9 Å². The Hall–Kier alpha value is -3.82. The van der Waals surface area contributed by atoms with Crippen LogP contribution in [-0.4, -0.2) is 65.5 Å². The molecular weight excluding hydrogens is 412 g/mol. The van der Waals surface area contributed by atoms with E-state index in [-0.39, 0.29) is 36.4 Å². The summed E-state index contributed by atoms with van der Waals surface area (Å²) in [5, 5.41) is 0. The first-order valence-corrected chi connectivity index (χ1v) is 9.17. The molecule has 4 aromatic rings. The van der Waals surface area contributed by atoms with Gasteiger partial charge in [-0.2, -0.15) is 9.97 Å². The van der Waals surface area contributed by atoms with Crippen molar-refractivity contribution in [2.45, 2.75) is 13.5 Å². The zero-order chi connectivity index (χ0) is 21.8. The molecule has 164 valence electrons. The predicted molar refractivity (Wildman–Crippen MR) is 108 cm³/mol. The summed E-state index contributed by atoms with van der Waals surface area (Å²) in [6.45, 7) is 1.61. The highest BCUT2D eigenvalue weighted by Gasteiger charge is 2.10. The number of fused-ring (bicyclic) bond motifs is 2.